The molecule has 6 heteroatoms. The molecule has 39 heavy (non-hydrogen) atoms. The maximum absolute atomic E-state index is 11.8. The summed E-state index contributed by atoms with van der Waals surface area (Å²) in [4.78, 5) is 14.4. The Labute approximate surface area is 227 Å². The van der Waals surface area contributed by atoms with E-state index in [0.29, 0.717) is 5.75 Å². The minimum absolute atomic E-state index is 0.232. The van der Waals surface area contributed by atoms with Crippen LogP contribution in [0.3, 0.4) is 0 Å². The molecule has 0 spiro atoms. The van der Waals surface area contributed by atoms with Gasteiger partial charge in [0.2, 0.25) is 5.36 Å². The van der Waals surface area contributed by atoms with Crippen LogP contribution in [-0.4, -0.2) is 44.4 Å². The zero-order valence-corrected chi connectivity index (χ0v) is 22.4. The average Bonchev–Trinajstić information content (AvgIpc) is 2.97. The summed E-state index contributed by atoms with van der Waals surface area (Å²) in [6, 6.07) is 10.0. The number of carbonyl (C=O) groups is 1. The molecule has 0 atom stereocenters. The Morgan fingerprint density at radius 1 is 0.897 bits per heavy atom. The van der Waals surface area contributed by atoms with Crippen molar-refractivity contribution in [3.63, 3.8) is 0 Å². The van der Waals surface area contributed by atoms with E-state index in [-0.39, 0.29) is 5.56 Å². The van der Waals surface area contributed by atoms with E-state index in [9.17, 15) is 9.90 Å². The first-order valence-electron chi connectivity index (χ1n) is 14.5. The van der Waals surface area contributed by atoms with Crippen LogP contribution < -0.4 is 29.5 Å². The van der Waals surface area contributed by atoms with E-state index in [1.54, 1.807) is 19.2 Å². The van der Waals surface area contributed by atoms with Crippen LogP contribution in [0.25, 0.3) is 5.57 Å². The second-order valence-electron chi connectivity index (χ2n) is 11.6. The molecule has 0 bridgehead atoms. The van der Waals surface area contributed by atoms with Crippen molar-refractivity contribution >= 4 is 17.2 Å². The molecule has 198 valence electrons. The number of hydrogen-bond donors (Lipinski definition) is 1. The maximum Gasteiger partial charge on any atom is 0.335 e. The number of carboxylic acid groups (broad SMARTS) is 1. The fourth-order valence-corrected chi connectivity index (χ4v) is 7.83. The standard InChI is InChI=1S/C33H32N2O4/c1-38-27-18-21(33(36)37)10-11-22(27)28-25-16-19-6-2-12-34-14-4-8-23(29(19)34)31(25)39-32-24-9-5-15-35-13-3-7-20(30(24)35)17-26(28)32/h10-11,16-18H,2-9,12-15H2,1H3/p+1. The minimum Gasteiger partial charge on any atom is -0.496 e. The Kier molecular flexibility index (Phi) is 5.10. The predicted molar refractivity (Wildman–Crippen MR) is 150 cm³/mol. The second kappa shape index (κ2) is 8.60. The summed E-state index contributed by atoms with van der Waals surface area (Å²) < 4.78 is 15.5. The number of carboxylic acids is 1. The Morgan fingerprint density at radius 2 is 1.67 bits per heavy atom. The second-order valence-corrected chi connectivity index (χ2v) is 11.6. The largest absolute Gasteiger partial charge is 0.496 e. The van der Waals surface area contributed by atoms with E-state index in [1.165, 1.54) is 46.1 Å². The van der Waals surface area contributed by atoms with Crippen LogP contribution in [0.4, 0.5) is 5.69 Å². The average molecular weight is 522 g/mol. The summed E-state index contributed by atoms with van der Waals surface area (Å²) in [7, 11) is 1.63. The van der Waals surface area contributed by atoms with Crippen LogP contribution in [0.1, 0.15) is 69.4 Å². The van der Waals surface area contributed by atoms with Crippen LogP contribution >= 0.6 is 0 Å². The van der Waals surface area contributed by atoms with Gasteiger partial charge in [0.05, 0.1) is 18.2 Å². The number of fused-ring (bicyclic) bond motifs is 4. The summed E-state index contributed by atoms with van der Waals surface area (Å²) >= 11 is 0. The van der Waals surface area contributed by atoms with Gasteiger partial charge < -0.3 is 19.5 Å². The molecule has 5 aliphatic heterocycles. The van der Waals surface area contributed by atoms with Gasteiger partial charge in [0, 0.05) is 64.7 Å². The molecule has 8 rings (SSSR count). The number of rotatable bonds is 3. The van der Waals surface area contributed by atoms with Gasteiger partial charge >= 0.3 is 5.97 Å². The lowest BCUT2D eigenvalue weighted by Gasteiger charge is -2.39. The van der Waals surface area contributed by atoms with Gasteiger partial charge in [0.1, 0.15) is 30.3 Å². The van der Waals surface area contributed by atoms with Crippen molar-refractivity contribution in [3.8, 4) is 17.2 Å². The van der Waals surface area contributed by atoms with E-state index in [4.69, 9.17) is 9.47 Å². The Hall–Kier alpha value is -3.80. The third kappa shape index (κ3) is 3.33. The van der Waals surface area contributed by atoms with Crippen LogP contribution in [0.2, 0.25) is 0 Å². The molecule has 5 heterocycles. The van der Waals surface area contributed by atoms with Crippen LogP contribution in [-0.2, 0) is 25.7 Å². The Morgan fingerprint density at radius 3 is 2.49 bits per heavy atom. The molecule has 0 radical (unpaired) electrons. The van der Waals surface area contributed by atoms with E-state index >= 15 is 0 Å². The normalized spacial score (nSPS) is 18.4. The molecule has 0 saturated heterocycles. The highest BCUT2D eigenvalue weighted by atomic mass is 16.5. The van der Waals surface area contributed by atoms with Crippen molar-refractivity contribution in [2.45, 2.75) is 51.4 Å². The molecule has 5 aliphatic rings. The SMILES string of the molecule is COc1cc(C(=O)O)ccc1C1=c2cc3c4c(c2Oc2c1cc1c5c2CCCN5CCC1)CCC[N+]=4CCC3. The first kappa shape index (κ1) is 23.1. The third-order valence-corrected chi connectivity index (χ3v) is 9.41. The lowest BCUT2D eigenvalue weighted by Crippen LogP contribution is -2.45. The lowest BCUT2D eigenvalue weighted by molar-refractivity contribution is 0.0696. The maximum atomic E-state index is 11.8. The van der Waals surface area contributed by atoms with Gasteiger partial charge in [-0.15, -0.1) is 0 Å². The van der Waals surface area contributed by atoms with Crippen molar-refractivity contribution in [1.82, 2.24) is 4.58 Å². The molecule has 1 N–H and O–H groups in total. The van der Waals surface area contributed by atoms with Crippen LogP contribution in [0.5, 0.6) is 17.2 Å². The fourth-order valence-electron chi connectivity index (χ4n) is 7.83. The van der Waals surface area contributed by atoms with Crippen molar-refractivity contribution in [1.29, 1.82) is 0 Å². The minimum atomic E-state index is -0.949. The number of methoxy groups -OCH3 is 1. The van der Waals surface area contributed by atoms with E-state index in [0.717, 1.165) is 98.1 Å². The van der Waals surface area contributed by atoms with Crippen molar-refractivity contribution in [2.75, 3.05) is 38.2 Å². The summed E-state index contributed by atoms with van der Waals surface area (Å²) in [5.41, 5.74) is 10.3. The smallest absolute Gasteiger partial charge is 0.335 e. The molecule has 0 aromatic heterocycles. The summed E-state index contributed by atoms with van der Waals surface area (Å²) in [6.07, 6.45) is 8.80. The molecular weight excluding hydrogens is 488 g/mol. The van der Waals surface area contributed by atoms with Crippen LogP contribution in [0, 0.1) is 0 Å². The van der Waals surface area contributed by atoms with Crippen LogP contribution in [0.15, 0.2) is 30.3 Å². The lowest BCUT2D eigenvalue weighted by atomic mass is 9.82. The zero-order chi connectivity index (χ0) is 26.2. The quantitative estimate of drug-likeness (QED) is 0.416. The van der Waals surface area contributed by atoms with Gasteiger partial charge in [-0.1, -0.05) is 0 Å². The molecule has 0 unspecified atom stereocenters. The molecule has 6 nitrogen and oxygen atoms in total. The number of nitrogens with zero attached hydrogens (tertiary/aromatic N) is 2. The first-order chi connectivity index (χ1) is 19.1. The number of ether oxygens (including phenoxy) is 2. The Bertz CT molecular complexity index is 1710. The van der Waals surface area contributed by atoms with Crippen molar-refractivity contribution in [2.24, 2.45) is 0 Å². The highest BCUT2D eigenvalue weighted by Crippen LogP contribution is 2.49. The monoisotopic (exact) mass is 521 g/mol. The zero-order valence-electron chi connectivity index (χ0n) is 22.4. The molecule has 0 amide bonds. The van der Waals surface area contributed by atoms with E-state index in [1.807, 2.05) is 6.07 Å². The molecular formula is C33H33N2O4+. The molecule has 0 saturated carbocycles. The number of aromatic carboxylic acids is 1. The van der Waals surface area contributed by atoms with E-state index in [2.05, 4.69) is 21.6 Å². The number of aryl methyl sites for hydroxylation is 2. The topological polar surface area (TPSA) is 62.0 Å². The van der Waals surface area contributed by atoms with Gasteiger partial charge in [-0.3, -0.25) is 0 Å². The summed E-state index contributed by atoms with van der Waals surface area (Å²) in [5, 5.41) is 12.2. The number of anilines is 1. The van der Waals surface area contributed by atoms with Gasteiger partial charge in [0.25, 0.3) is 0 Å². The third-order valence-electron chi connectivity index (χ3n) is 9.41. The molecule has 3 aromatic carbocycles. The number of hydrogen-bond acceptors (Lipinski definition) is 4. The van der Waals surface area contributed by atoms with E-state index < -0.39 is 5.97 Å². The highest BCUT2D eigenvalue weighted by Gasteiger charge is 2.36. The first-order valence-corrected chi connectivity index (χ1v) is 14.5. The molecule has 3 aromatic rings. The molecule has 0 aliphatic carbocycles. The van der Waals surface area contributed by atoms with Gasteiger partial charge in [-0.05, 0) is 74.4 Å². The van der Waals surface area contributed by atoms with Gasteiger partial charge in [0.15, 0.2) is 0 Å². The summed E-state index contributed by atoms with van der Waals surface area (Å²) in [6.45, 7) is 4.46. The predicted octanol–water partition coefficient (Wildman–Crippen LogP) is 3.83. The fraction of sp³-hybridized carbons (Fsp3) is 0.394. The van der Waals surface area contributed by atoms with Gasteiger partial charge in [-0.25, -0.2) is 9.37 Å². The van der Waals surface area contributed by atoms with Crippen molar-refractivity contribution in [3.05, 3.63) is 79.9 Å². The Balaban J connectivity index is 1.52. The van der Waals surface area contributed by atoms with Gasteiger partial charge in [-0.2, -0.15) is 0 Å². The summed E-state index contributed by atoms with van der Waals surface area (Å²) in [5.74, 6) is 1.63. The highest BCUT2D eigenvalue weighted by molar-refractivity contribution is 5.93. The number of benzene rings is 3. The van der Waals surface area contributed by atoms with Crippen molar-refractivity contribution < 1.29 is 19.4 Å². The molecule has 0 fully saturated rings.